The molecule has 2 amide bonds. The van der Waals surface area contributed by atoms with E-state index < -0.39 is 6.04 Å². The number of carbonyl (C=O) groups excluding carboxylic acids is 2. The van der Waals surface area contributed by atoms with E-state index in [0.717, 1.165) is 36.8 Å². The van der Waals surface area contributed by atoms with Crippen LogP contribution >= 0.6 is 11.6 Å². The first-order valence-corrected chi connectivity index (χ1v) is 10.8. The van der Waals surface area contributed by atoms with Crippen LogP contribution in [0.3, 0.4) is 0 Å². The Bertz CT molecular complexity index is 801. The molecule has 1 fully saturated rings. The molecular formula is C24H29ClN2O2. The summed E-state index contributed by atoms with van der Waals surface area (Å²) in [6.07, 6.45) is 5.40. The zero-order valence-corrected chi connectivity index (χ0v) is 17.7. The van der Waals surface area contributed by atoms with E-state index in [1.54, 1.807) is 4.90 Å². The van der Waals surface area contributed by atoms with Crippen molar-refractivity contribution in [3.63, 3.8) is 0 Å². The van der Waals surface area contributed by atoms with Crippen LogP contribution in [0.4, 0.5) is 0 Å². The van der Waals surface area contributed by atoms with Crippen LogP contribution in [0.1, 0.15) is 50.2 Å². The zero-order chi connectivity index (χ0) is 20.6. The summed E-state index contributed by atoms with van der Waals surface area (Å²) in [5.74, 6) is -0.0863. The molecule has 1 saturated carbocycles. The number of amides is 2. The van der Waals surface area contributed by atoms with Crippen molar-refractivity contribution in [3.8, 4) is 0 Å². The van der Waals surface area contributed by atoms with Crippen molar-refractivity contribution in [1.82, 2.24) is 10.2 Å². The molecular weight excluding hydrogens is 384 g/mol. The van der Waals surface area contributed by atoms with Crippen LogP contribution in [0.15, 0.2) is 54.6 Å². The van der Waals surface area contributed by atoms with Crippen molar-refractivity contribution in [2.45, 2.75) is 64.1 Å². The monoisotopic (exact) mass is 412 g/mol. The fourth-order valence-corrected chi connectivity index (χ4v) is 3.93. The minimum absolute atomic E-state index is 0.0159. The molecule has 1 aliphatic rings. The largest absolute Gasteiger partial charge is 0.352 e. The van der Waals surface area contributed by atoms with E-state index in [1.807, 2.05) is 61.5 Å². The molecule has 2 aromatic rings. The highest BCUT2D eigenvalue weighted by Gasteiger charge is 2.28. The van der Waals surface area contributed by atoms with Gasteiger partial charge in [-0.05, 0) is 49.4 Å². The first kappa shape index (κ1) is 21.4. The van der Waals surface area contributed by atoms with Crippen LogP contribution in [0.2, 0.25) is 5.02 Å². The molecule has 1 aliphatic carbocycles. The molecule has 29 heavy (non-hydrogen) atoms. The Labute approximate surface area is 178 Å². The van der Waals surface area contributed by atoms with Gasteiger partial charge in [0, 0.05) is 24.0 Å². The third-order valence-corrected chi connectivity index (χ3v) is 5.86. The van der Waals surface area contributed by atoms with Gasteiger partial charge in [-0.1, -0.05) is 66.9 Å². The Morgan fingerprint density at radius 3 is 2.34 bits per heavy atom. The van der Waals surface area contributed by atoms with Crippen molar-refractivity contribution < 1.29 is 9.59 Å². The summed E-state index contributed by atoms with van der Waals surface area (Å²) >= 11 is 5.99. The van der Waals surface area contributed by atoms with Gasteiger partial charge in [-0.25, -0.2) is 0 Å². The summed E-state index contributed by atoms with van der Waals surface area (Å²) in [7, 11) is 0. The van der Waals surface area contributed by atoms with Gasteiger partial charge in [-0.15, -0.1) is 0 Å². The Balaban J connectivity index is 1.69. The lowest BCUT2D eigenvalue weighted by Gasteiger charge is -2.30. The lowest BCUT2D eigenvalue weighted by Crippen LogP contribution is -2.49. The second-order valence-electron chi connectivity index (χ2n) is 7.80. The molecule has 154 valence electrons. The van der Waals surface area contributed by atoms with Crippen LogP contribution < -0.4 is 5.32 Å². The third-order valence-electron chi connectivity index (χ3n) is 5.61. The molecule has 0 radical (unpaired) electrons. The van der Waals surface area contributed by atoms with E-state index in [1.165, 1.54) is 0 Å². The second kappa shape index (κ2) is 10.4. The SMILES string of the molecule is C[C@H](C(=O)NC1CCCC1)N(Cc1ccc(Cl)cc1)C(=O)CCc1ccccc1. The van der Waals surface area contributed by atoms with Gasteiger partial charge >= 0.3 is 0 Å². The second-order valence-corrected chi connectivity index (χ2v) is 8.24. The van der Waals surface area contributed by atoms with Crippen LogP contribution in [0, 0.1) is 0 Å². The number of nitrogens with one attached hydrogen (secondary N) is 1. The molecule has 4 nitrogen and oxygen atoms in total. The smallest absolute Gasteiger partial charge is 0.242 e. The summed E-state index contributed by atoms with van der Waals surface area (Å²) in [6, 6.07) is 17.1. The van der Waals surface area contributed by atoms with E-state index in [9.17, 15) is 9.59 Å². The minimum Gasteiger partial charge on any atom is -0.352 e. The summed E-state index contributed by atoms with van der Waals surface area (Å²) in [4.78, 5) is 27.6. The van der Waals surface area contributed by atoms with Crippen LogP contribution in [0.25, 0.3) is 0 Å². The first-order chi connectivity index (χ1) is 14.0. The summed E-state index contributed by atoms with van der Waals surface area (Å²) in [5.41, 5.74) is 2.08. The normalized spacial score (nSPS) is 15.1. The molecule has 0 bridgehead atoms. The quantitative estimate of drug-likeness (QED) is 0.680. The van der Waals surface area contributed by atoms with Crippen LogP contribution in [-0.2, 0) is 22.6 Å². The summed E-state index contributed by atoms with van der Waals surface area (Å²) in [6.45, 7) is 2.21. The van der Waals surface area contributed by atoms with Gasteiger partial charge in [-0.2, -0.15) is 0 Å². The molecule has 2 aromatic carbocycles. The van der Waals surface area contributed by atoms with Gasteiger partial charge in [0.1, 0.15) is 6.04 Å². The average Bonchev–Trinajstić information content (AvgIpc) is 3.25. The summed E-state index contributed by atoms with van der Waals surface area (Å²) in [5, 5.41) is 3.78. The lowest BCUT2D eigenvalue weighted by molar-refractivity contribution is -0.140. The van der Waals surface area contributed by atoms with Gasteiger partial charge in [-0.3, -0.25) is 9.59 Å². The van der Waals surface area contributed by atoms with Gasteiger partial charge in [0.2, 0.25) is 11.8 Å². The first-order valence-electron chi connectivity index (χ1n) is 10.4. The maximum Gasteiger partial charge on any atom is 0.242 e. The fraction of sp³-hybridized carbons (Fsp3) is 0.417. The number of halogens is 1. The highest BCUT2D eigenvalue weighted by atomic mass is 35.5. The number of rotatable bonds is 8. The van der Waals surface area contributed by atoms with Crippen molar-refractivity contribution >= 4 is 23.4 Å². The standard InChI is InChI=1S/C24H29ClN2O2/c1-18(24(29)26-22-9-5-6-10-22)27(17-20-11-14-21(25)15-12-20)23(28)16-13-19-7-3-2-4-8-19/h2-4,7-8,11-12,14-15,18,22H,5-6,9-10,13,16-17H2,1H3,(H,26,29)/t18-/m1/s1. The summed E-state index contributed by atoms with van der Waals surface area (Å²) < 4.78 is 0. The topological polar surface area (TPSA) is 49.4 Å². The van der Waals surface area contributed by atoms with E-state index in [-0.39, 0.29) is 17.9 Å². The number of nitrogens with zero attached hydrogens (tertiary/aromatic N) is 1. The number of hydrogen-bond donors (Lipinski definition) is 1. The average molecular weight is 413 g/mol. The molecule has 0 spiro atoms. The van der Waals surface area contributed by atoms with E-state index in [4.69, 9.17) is 11.6 Å². The van der Waals surface area contributed by atoms with Crippen molar-refractivity contribution in [2.75, 3.05) is 0 Å². The van der Waals surface area contributed by atoms with E-state index >= 15 is 0 Å². The van der Waals surface area contributed by atoms with Crippen LogP contribution in [-0.4, -0.2) is 28.8 Å². The Morgan fingerprint density at radius 2 is 1.69 bits per heavy atom. The zero-order valence-electron chi connectivity index (χ0n) is 16.9. The fourth-order valence-electron chi connectivity index (χ4n) is 3.80. The molecule has 0 unspecified atom stereocenters. The number of hydrogen-bond acceptors (Lipinski definition) is 2. The van der Waals surface area contributed by atoms with E-state index in [0.29, 0.717) is 24.4 Å². The Hall–Kier alpha value is -2.33. The maximum absolute atomic E-state index is 13.1. The Kier molecular flexibility index (Phi) is 7.70. The molecule has 5 heteroatoms. The number of benzene rings is 2. The molecule has 1 N–H and O–H groups in total. The molecule has 0 aromatic heterocycles. The minimum atomic E-state index is -0.519. The van der Waals surface area contributed by atoms with Gasteiger partial charge in [0.25, 0.3) is 0 Å². The van der Waals surface area contributed by atoms with Gasteiger partial charge < -0.3 is 10.2 Å². The van der Waals surface area contributed by atoms with Gasteiger partial charge in [0.15, 0.2) is 0 Å². The molecule has 0 heterocycles. The predicted molar refractivity (Wildman–Crippen MR) is 117 cm³/mol. The highest BCUT2D eigenvalue weighted by Crippen LogP contribution is 2.19. The van der Waals surface area contributed by atoms with Crippen molar-refractivity contribution in [1.29, 1.82) is 0 Å². The van der Waals surface area contributed by atoms with Crippen LogP contribution in [0.5, 0.6) is 0 Å². The lowest BCUT2D eigenvalue weighted by atomic mass is 10.1. The maximum atomic E-state index is 13.1. The molecule has 0 aliphatic heterocycles. The van der Waals surface area contributed by atoms with E-state index in [2.05, 4.69) is 5.32 Å². The number of aryl methyl sites for hydroxylation is 1. The van der Waals surface area contributed by atoms with Crippen molar-refractivity contribution in [2.24, 2.45) is 0 Å². The molecule has 1 atom stereocenters. The molecule has 3 rings (SSSR count). The predicted octanol–water partition coefficient (Wildman–Crippen LogP) is 4.75. The Morgan fingerprint density at radius 1 is 1.03 bits per heavy atom. The van der Waals surface area contributed by atoms with Gasteiger partial charge in [0.05, 0.1) is 0 Å². The number of carbonyl (C=O) groups is 2. The highest BCUT2D eigenvalue weighted by molar-refractivity contribution is 6.30. The third kappa shape index (κ3) is 6.33. The molecule has 0 saturated heterocycles. The van der Waals surface area contributed by atoms with Crippen molar-refractivity contribution in [3.05, 3.63) is 70.7 Å².